The number of nitrogens with two attached hydrogens (primary N) is 1. The van der Waals surface area contributed by atoms with E-state index in [0.717, 1.165) is 22.3 Å². The van der Waals surface area contributed by atoms with Gasteiger partial charge in [0.2, 0.25) is 11.8 Å². The maximum Gasteiger partial charge on any atom is 0.224 e. The van der Waals surface area contributed by atoms with Crippen LogP contribution >= 0.6 is 0 Å². The van der Waals surface area contributed by atoms with Crippen molar-refractivity contribution >= 4 is 34.0 Å². The van der Waals surface area contributed by atoms with Gasteiger partial charge in [-0.2, -0.15) is 0 Å². The molecule has 9 nitrogen and oxygen atoms in total. The summed E-state index contributed by atoms with van der Waals surface area (Å²) in [4.78, 5) is 27.2. The van der Waals surface area contributed by atoms with Gasteiger partial charge in [0.1, 0.15) is 0 Å². The third-order valence-corrected chi connectivity index (χ3v) is 9.81. The van der Waals surface area contributed by atoms with Crippen LogP contribution in [0, 0.1) is 0 Å². The lowest BCUT2D eigenvalue weighted by atomic mass is 9.98. The number of benzene rings is 5. The summed E-state index contributed by atoms with van der Waals surface area (Å²) < 4.78 is 13.2. The first kappa shape index (κ1) is 36.7. The van der Waals surface area contributed by atoms with Crippen LogP contribution in [0.25, 0.3) is 10.8 Å². The number of rotatable bonds is 14. The number of nitrogens with one attached hydrogen (secondary N) is 2. The van der Waals surface area contributed by atoms with Crippen LogP contribution in [0.3, 0.4) is 0 Å². The molecule has 52 heavy (non-hydrogen) atoms. The third kappa shape index (κ3) is 9.63. The molecule has 0 aromatic heterocycles. The van der Waals surface area contributed by atoms with Gasteiger partial charge in [-0.25, -0.2) is 0 Å². The average molecular weight is 701 g/mol. The van der Waals surface area contributed by atoms with Crippen molar-refractivity contribution in [1.82, 2.24) is 10.2 Å². The standard InChI is InChI=1S/C43H48N4O5/c1-29(35-23-22-32-8-3-4-9-36(32)24-35)47(2)27-37-25-40(33-18-16-31(28-48)17-19-33)52-43(51-37)34-20-14-30(15-21-34)26-45-41(49)12-7-13-42(50)46-39-11-6-5-10-38(39)44/h3-6,8-11,14-24,29,37,40,43,48H,7,12-13,25-28,44H2,1-2H3,(H,45,49)(H,46,50)/t29-,37-,40+,43+/m1/s1. The van der Waals surface area contributed by atoms with E-state index in [9.17, 15) is 14.7 Å². The molecule has 5 aromatic carbocycles. The Hall–Kier alpha value is -5.06. The summed E-state index contributed by atoms with van der Waals surface area (Å²) in [6.45, 7) is 3.30. The van der Waals surface area contributed by atoms with Crippen LogP contribution in [0.2, 0.25) is 0 Å². The van der Waals surface area contributed by atoms with Crippen molar-refractivity contribution in [2.24, 2.45) is 0 Å². The van der Waals surface area contributed by atoms with Crippen molar-refractivity contribution in [3.05, 3.63) is 143 Å². The summed E-state index contributed by atoms with van der Waals surface area (Å²) in [5.41, 5.74) is 12.0. The van der Waals surface area contributed by atoms with Crippen molar-refractivity contribution in [2.45, 2.75) is 70.3 Å². The van der Waals surface area contributed by atoms with Crippen molar-refractivity contribution in [3.63, 3.8) is 0 Å². The van der Waals surface area contributed by atoms with E-state index < -0.39 is 6.29 Å². The average Bonchev–Trinajstić information content (AvgIpc) is 3.17. The Morgan fingerprint density at radius 2 is 1.50 bits per heavy atom. The van der Waals surface area contributed by atoms with E-state index in [1.807, 2.05) is 60.7 Å². The zero-order valence-electron chi connectivity index (χ0n) is 29.8. The monoisotopic (exact) mass is 700 g/mol. The predicted octanol–water partition coefficient (Wildman–Crippen LogP) is 7.58. The second-order valence-corrected chi connectivity index (χ2v) is 13.6. The fraction of sp³-hybridized carbons (Fsp3) is 0.302. The molecule has 6 rings (SSSR count). The first-order valence-corrected chi connectivity index (χ1v) is 17.9. The third-order valence-electron chi connectivity index (χ3n) is 9.81. The molecule has 4 atom stereocenters. The van der Waals surface area contributed by atoms with Crippen LogP contribution in [0.15, 0.2) is 115 Å². The van der Waals surface area contributed by atoms with Gasteiger partial charge < -0.3 is 30.9 Å². The summed E-state index contributed by atoms with van der Waals surface area (Å²) >= 11 is 0. The number of nitrogen functional groups attached to an aromatic ring is 1. The van der Waals surface area contributed by atoms with Crippen molar-refractivity contribution in [2.75, 3.05) is 24.6 Å². The predicted molar refractivity (Wildman–Crippen MR) is 205 cm³/mol. The Morgan fingerprint density at radius 3 is 2.25 bits per heavy atom. The van der Waals surface area contributed by atoms with Gasteiger partial charge in [-0.3, -0.25) is 14.5 Å². The van der Waals surface area contributed by atoms with Gasteiger partial charge in [0.05, 0.1) is 30.2 Å². The molecule has 1 heterocycles. The smallest absolute Gasteiger partial charge is 0.224 e. The van der Waals surface area contributed by atoms with Gasteiger partial charge in [0.25, 0.3) is 0 Å². The van der Waals surface area contributed by atoms with Gasteiger partial charge in [-0.05, 0) is 71.6 Å². The summed E-state index contributed by atoms with van der Waals surface area (Å²) in [7, 11) is 2.14. The minimum absolute atomic E-state index is 0.00767. The molecule has 1 saturated heterocycles. The molecule has 0 bridgehead atoms. The molecule has 5 aromatic rings. The quantitative estimate of drug-likeness (QED) is 0.0881. The molecule has 5 N–H and O–H groups in total. The van der Waals surface area contributed by atoms with E-state index >= 15 is 0 Å². The van der Waals surface area contributed by atoms with Gasteiger partial charge in [0.15, 0.2) is 6.29 Å². The molecule has 2 amide bonds. The SMILES string of the molecule is C[C@H](c1ccc2ccccc2c1)N(C)C[C@H]1C[C@@H](c2ccc(CO)cc2)O[C@@H](c2ccc(CNC(=O)CCCC(=O)Nc3ccccc3N)cc2)O1. The molecule has 9 heteroatoms. The Labute approximate surface area is 305 Å². The molecule has 270 valence electrons. The lowest BCUT2D eigenvalue weighted by molar-refractivity contribution is -0.253. The van der Waals surface area contributed by atoms with Gasteiger partial charge in [-0.15, -0.1) is 0 Å². The first-order valence-electron chi connectivity index (χ1n) is 17.9. The number of amides is 2. The van der Waals surface area contributed by atoms with Crippen molar-refractivity contribution in [1.29, 1.82) is 0 Å². The summed E-state index contributed by atoms with van der Waals surface area (Å²) in [5, 5.41) is 17.8. The fourth-order valence-corrected chi connectivity index (χ4v) is 6.55. The van der Waals surface area contributed by atoms with Gasteiger partial charge in [0, 0.05) is 44.0 Å². The van der Waals surface area contributed by atoms with Crippen LogP contribution < -0.4 is 16.4 Å². The topological polar surface area (TPSA) is 126 Å². The van der Waals surface area contributed by atoms with Crippen LogP contribution in [-0.2, 0) is 32.2 Å². The molecular formula is C43H48N4O5. The van der Waals surface area contributed by atoms with E-state index in [-0.39, 0.29) is 49.5 Å². The highest BCUT2D eigenvalue weighted by Crippen LogP contribution is 2.39. The Bertz CT molecular complexity index is 1950. The Morgan fingerprint density at radius 1 is 0.827 bits per heavy atom. The molecular weight excluding hydrogens is 652 g/mol. The number of hydrogen-bond acceptors (Lipinski definition) is 7. The minimum atomic E-state index is -0.577. The van der Waals surface area contributed by atoms with Gasteiger partial charge in [-0.1, -0.05) is 97.1 Å². The molecule has 1 aliphatic rings. The molecule has 0 unspecified atom stereocenters. The number of carbonyl (C=O) groups is 2. The second-order valence-electron chi connectivity index (χ2n) is 13.6. The highest BCUT2D eigenvalue weighted by atomic mass is 16.7. The van der Waals surface area contributed by atoms with Gasteiger partial charge >= 0.3 is 0 Å². The molecule has 0 spiro atoms. The Balaban J connectivity index is 1.05. The largest absolute Gasteiger partial charge is 0.397 e. The van der Waals surface area contributed by atoms with E-state index in [1.165, 1.54) is 16.3 Å². The van der Waals surface area contributed by atoms with E-state index in [1.54, 1.807) is 12.1 Å². The summed E-state index contributed by atoms with van der Waals surface area (Å²) in [5.74, 6) is -0.291. The number of aliphatic hydroxyl groups is 1. The molecule has 0 radical (unpaired) electrons. The molecule has 0 saturated carbocycles. The molecule has 1 fully saturated rings. The summed E-state index contributed by atoms with van der Waals surface area (Å²) in [6.07, 6.45) is 0.731. The molecule has 1 aliphatic heterocycles. The second kappa shape index (κ2) is 17.4. The van der Waals surface area contributed by atoms with E-state index in [2.05, 4.69) is 72.0 Å². The number of likely N-dealkylation sites (N-methyl/N-ethyl adjacent to an activating group) is 1. The molecule has 0 aliphatic carbocycles. The zero-order chi connectivity index (χ0) is 36.5. The number of fused-ring (bicyclic) bond motifs is 1. The maximum absolute atomic E-state index is 12.5. The van der Waals surface area contributed by atoms with Crippen molar-refractivity contribution in [3.8, 4) is 0 Å². The first-order chi connectivity index (χ1) is 25.2. The fourth-order valence-electron chi connectivity index (χ4n) is 6.55. The summed E-state index contributed by atoms with van der Waals surface area (Å²) in [6, 6.07) is 38.2. The van der Waals surface area contributed by atoms with E-state index in [4.69, 9.17) is 15.2 Å². The lowest BCUT2D eigenvalue weighted by Gasteiger charge is -2.39. The van der Waals surface area contributed by atoms with E-state index in [0.29, 0.717) is 37.3 Å². The van der Waals surface area contributed by atoms with Crippen LogP contribution in [0.4, 0.5) is 11.4 Å². The number of hydrogen-bond donors (Lipinski definition) is 4. The Kier molecular flexibility index (Phi) is 12.3. The van der Waals surface area contributed by atoms with Crippen LogP contribution in [-0.4, -0.2) is 41.5 Å². The lowest BCUT2D eigenvalue weighted by Crippen LogP contribution is -2.38. The van der Waals surface area contributed by atoms with Crippen LogP contribution in [0.5, 0.6) is 0 Å². The maximum atomic E-state index is 12.5. The van der Waals surface area contributed by atoms with Crippen LogP contribution in [0.1, 0.15) is 78.9 Å². The number of carbonyl (C=O) groups excluding carboxylic acids is 2. The number of ether oxygens (including phenoxy) is 2. The number of aliphatic hydroxyl groups excluding tert-OH is 1. The minimum Gasteiger partial charge on any atom is -0.397 e. The highest BCUT2D eigenvalue weighted by molar-refractivity contribution is 5.94. The zero-order valence-corrected chi connectivity index (χ0v) is 29.8. The highest BCUT2D eigenvalue weighted by Gasteiger charge is 2.33. The number of anilines is 2. The number of nitrogens with zero attached hydrogens (tertiary/aromatic N) is 1. The van der Waals surface area contributed by atoms with Crippen molar-refractivity contribution < 1.29 is 24.2 Å². The number of para-hydroxylation sites is 2. The normalized spacial score (nSPS) is 17.9.